The first-order valence-corrected chi connectivity index (χ1v) is 7.01. The molecule has 0 aliphatic heterocycles. The average Bonchev–Trinajstić information content (AvgIpc) is 2.53. The maximum Gasteiger partial charge on any atom is 0.119 e. The standard InChI is InChI=1S/C16H18ClNO2/c1-19-15-6-8-16(9-7-15)20-11-10-18-14-4-2-13(12-17)3-5-14/h2-9,18H,10-12H2,1H3. The van der Waals surface area contributed by atoms with E-state index in [-0.39, 0.29) is 0 Å². The molecule has 0 heterocycles. The van der Waals surface area contributed by atoms with E-state index < -0.39 is 0 Å². The van der Waals surface area contributed by atoms with Gasteiger partial charge in [-0.1, -0.05) is 12.1 Å². The van der Waals surface area contributed by atoms with E-state index in [0.29, 0.717) is 12.5 Å². The summed E-state index contributed by atoms with van der Waals surface area (Å²) in [4.78, 5) is 0. The lowest BCUT2D eigenvalue weighted by molar-refractivity contribution is 0.332. The van der Waals surface area contributed by atoms with Gasteiger partial charge >= 0.3 is 0 Å². The highest BCUT2D eigenvalue weighted by atomic mass is 35.5. The first-order chi connectivity index (χ1) is 9.81. The van der Waals surface area contributed by atoms with E-state index in [1.807, 2.05) is 48.5 Å². The Balaban J connectivity index is 1.72. The number of ether oxygens (including phenoxy) is 2. The molecule has 0 aliphatic carbocycles. The number of anilines is 1. The second-order valence-corrected chi connectivity index (χ2v) is 4.55. The van der Waals surface area contributed by atoms with Crippen LogP contribution < -0.4 is 14.8 Å². The Labute approximate surface area is 124 Å². The summed E-state index contributed by atoms with van der Waals surface area (Å²) in [7, 11) is 1.65. The minimum atomic E-state index is 0.543. The summed E-state index contributed by atoms with van der Waals surface area (Å²) >= 11 is 5.75. The summed E-state index contributed by atoms with van der Waals surface area (Å²) in [5.74, 6) is 2.21. The zero-order chi connectivity index (χ0) is 14.2. The molecule has 0 saturated heterocycles. The lowest BCUT2D eigenvalue weighted by Gasteiger charge is -2.09. The summed E-state index contributed by atoms with van der Waals surface area (Å²) in [6.07, 6.45) is 0. The average molecular weight is 292 g/mol. The number of rotatable bonds is 7. The molecule has 0 unspecified atom stereocenters. The topological polar surface area (TPSA) is 30.5 Å². The quantitative estimate of drug-likeness (QED) is 0.619. The van der Waals surface area contributed by atoms with E-state index in [4.69, 9.17) is 21.1 Å². The third-order valence-electron chi connectivity index (χ3n) is 2.87. The molecule has 2 aromatic rings. The van der Waals surface area contributed by atoms with Crippen LogP contribution in [0.5, 0.6) is 11.5 Å². The summed E-state index contributed by atoms with van der Waals surface area (Å²) in [6, 6.07) is 15.6. The van der Waals surface area contributed by atoms with Crippen molar-refractivity contribution in [2.24, 2.45) is 0 Å². The van der Waals surface area contributed by atoms with Crippen LogP contribution in [0.2, 0.25) is 0 Å². The Hall–Kier alpha value is -1.87. The lowest BCUT2D eigenvalue weighted by Crippen LogP contribution is -2.11. The molecule has 0 atom stereocenters. The van der Waals surface area contributed by atoms with Crippen molar-refractivity contribution in [1.82, 2.24) is 0 Å². The van der Waals surface area contributed by atoms with E-state index in [9.17, 15) is 0 Å². The van der Waals surface area contributed by atoms with E-state index >= 15 is 0 Å². The smallest absolute Gasteiger partial charge is 0.119 e. The van der Waals surface area contributed by atoms with Crippen LogP contribution in [-0.4, -0.2) is 20.3 Å². The molecule has 0 amide bonds. The van der Waals surface area contributed by atoms with Gasteiger partial charge in [0, 0.05) is 18.1 Å². The Bertz CT molecular complexity index is 462. The molecule has 2 aromatic carbocycles. The first kappa shape index (κ1) is 14.5. The third-order valence-corrected chi connectivity index (χ3v) is 3.18. The van der Waals surface area contributed by atoms with Crippen molar-refractivity contribution < 1.29 is 9.47 Å². The maximum atomic E-state index is 5.75. The molecule has 0 saturated carbocycles. The van der Waals surface area contributed by atoms with Crippen molar-refractivity contribution >= 4 is 17.3 Å². The molecule has 0 spiro atoms. The molecule has 1 N–H and O–H groups in total. The number of halogens is 1. The van der Waals surface area contributed by atoms with E-state index in [1.54, 1.807) is 7.11 Å². The molecule has 2 rings (SSSR count). The van der Waals surface area contributed by atoms with Crippen molar-refractivity contribution in [2.45, 2.75) is 5.88 Å². The number of nitrogens with one attached hydrogen (secondary N) is 1. The second-order valence-electron chi connectivity index (χ2n) is 4.28. The lowest BCUT2D eigenvalue weighted by atomic mass is 10.2. The number of alkyl halides is 1. The third kappa shape index (κ3) is 4.35. The highest BCUT2D eigenvalue weighted by Crippen LogP contribution is 2.17. The Morgan fingerprint density at radius 3 is 2.20 bits per heavy atom. The minimum Gasteiger partial charge on any atom is -0.497 e. The largest absolute Gasteiger partial charge is 0.497 e. The van der Waals surface area contributed by atoms with Crippen molar-refractivity contribution in [3.63, 3.8) is 0 Å². The van der Waals surface area contributed by atoms with Crippen LogP contribution in [0, 0.1) is 0 Å². The van der Waals surface area contributed by atoms with Gasteiger partial charge in [0.05, 0.1) is 7.11 Å². The fourth-order valence-corrected chi connectivity index (χ4v) is 1.93. The van der Waals surface area contributed by atoms with E-state index in [0.717, 1.165) is 29.3 Å². The number of benzene rings is 2. The Morgan fingerprint density at radius 1 is 0.950 bits per heavy atom. The highest BCUT2D eigenvalue weighted by Gasteiger charge is 1.96. The number of hydrogen-bond donors (Lipinski definition) is 1. The zero-order valence-corrected chi connectivity index (χ0v) is 12.2. The minimum absolute atomic E-state index is 0.543. The molecular weight excluding hydrogens is 274 g/mol. The van der Waals surface area contributed by atoms with Gasteiger partial charge < -0.3 is 14.8 Å². The Kier molecular flexibility index (Phi) is 5.56. The molecule has 4 heteroatoms. The number of hydrogen-bond acceptors (Lipinski definition) is 3. The molecule has 0 fully saturated rings. The fraction of sp³-hybridized carbons (Fsp3) is 0.250. The second kappa shape index (κ2) is 7.65. The molecule has 0 radical (unpaired) electrons. The van der Waals surface area contributed by atoms with Crippen LogP contribution in [0.15, 0.2) is 48.5 Å². The van der Waals surface area contributed by atoms with E-state index in [2.05, 4.69) is 5.32 Å². The zero-order valence-electron chi connectivity index (χ0n) is 11.4. The predicted molar refractivity (Wildman–Crippen MR) is 83.0 cm³/mol. The van der Waals surface area contributed by atoms with Gasteiger partial charge in [0.2, 0.25) is 0 Å². The van der Waals surface area contributed by atoms with Gasteiger partial charge in [-0.05, 0) is 42.0 Å². The van der Waals surface area contributed by atoms with Crippen molar-refractivity contribution in [2.75, 3.05) is 25.6 Å². The van der Waals surface area contributed by atoms with Gasteiger partial charge in [-0.3, -0.25) is 0 Å². The van der Waals surface area contributed by atoms with Gasteiger partial charge in [0.15, 0.2) is 0 Å². The Morgan fingerprint density at radius 2 is 1.60 bits per heavy atom. The van der Waals surface area contributed by atoms with Crippen LogP contribution >= 0.6 is 11.6 Å². The van der Waals surface area contributed by atoms with Crippen molar-refractivity contribution in [3.05, 3.63) is 54.1 Å². The van der Waals surface area contributed by atoms with Gasteiger partial charge in [-0.2, -0.15) is 0 Å². The van der Waals surface area contributed by atoms with Crippen LogP contribution in [0.3, 0.4) is 0 Å². The van der Waals surface area contributed by atoms with Gasteiger partial charge in [-0.25, -0.2) is 0 Å². The summed E-state index contributed by atoms with van der Waals surface area (Å²) in [5, 5.41) is 3.30. The number of methoxy groups -OCH3 is 1. The monoisotopic (exact) mass is 291 g/mol. The SMILES string of the molecule is COc1ccc(OCCNc2ccc(CCl)cc2)cc1. The first-order valence-electron chi connectivity index (χ1n) is 6.47. The van der Waals surface area contributed by atoms with Crippen LogP contribution in [0.1, 0.15) is 5.56 Å². The van der Waals surface area contributed by atoms with Crippen molar-refractivity contribution in [3.8, 4) is 11.5 Å². The molecule has 0 bridgehead atoms. The van der Waals surface area contributed by atoms with Crippen LogP contribution in [0.25, 0.3) is 0 Å². The predicted octanol–water partition coefficient (Wildman–Crippen LogP) is 3.92. The van der Waals surface area contributed by atoms with Gasteiger partial charge in [0.25, 0.3) is 0 Å². The molecule has 106 valence electrons. The molecule has 3 nitrogen and oxygen atoms in total. The highest BCUT2D eigenvalue weighted by molar-refractivity contribution is 6.17. The summed E-state index contributed by atoms with van der Waals surface area (Å²) in [5.41, 5.74) is 2.18. The van der Waals surface area contributed by atoms with E-state index in [1.165, 1.54) is 0 Å². The molecular formula is C16H18ClNO2. The fourth-order valence-electron chi connectivity index (χ4n) is 1.75. The normalized spacial score (nSPS) is 10.1. The van der Waals surface area contributed by atoms with Gasteiger partial charge in [0.1, 0.15) is 18.1 Å². The van der Waals surface area contributed by atoms with Crippen LogP contribution in [0.4, 0.5) is 5.69 Å². The van der Waals surface area contributed by atoms with Crippen molar-refractivity contribution in [1.29, 1.82) is 0 Å². The summed E-state index contributed by atoms with van der Waals surface area (Å²) in [6.45, 7) is 1.34. The van der Waals surface area contributed by atoms with Crippen LogP contribution in [-0.2, 0) is 5.88 Å². The molecule has 0 aromatic heterocycles. The summed E-state index contributed by atoms with van der Waals surface area (Å²) < 4.78 is 10.7. The molecule has 0 aliphatic rings. The molecule has 20 heavy (non-hydrogen) atoms. The maximum absolute atomic E-state index is 5.75. The van der Waals surface area contributed by atoms with Gasteiger partial charge in [-0.15, -0.1) is 11.6 Å².